The van der Waals surface area contributed by atoms with Crippen LogP contribution in [0.1, 0.15) is 35.2 Å². The van der Waals surface area contributed by atoms with E-state index in [1.54, 1.807) is 6.92 Å². The van der Waals surface area contributed by atoms with Gasteiger partial charge in [-0.3, -0.25) is 4.72 Å². The van der Waals surface area contributed by atoms with E-state index in [1.807, 2.05) is 0 Å². The van der Waals surface area contributed by atoms with E-state index in [2.05, 4.69) is 4.72 Å². The maximum absolute atomic E-state index is 12.9. The van der Waals surface area contributed by atoms with Crippen LogP contribution in [0.2, 0.25) is 5.02 Å². The first-order chi connectivity index (χ1) is 14.0. The van der Waals surface area contributed by atoms with Gasteiger partial charge in [-0.25, -0.2) is 21.6 Å². The Labute approximate surface area is 180 Å². The van der Waals surface area contributed by atoms with Crippen LogP contribution in [0.3, 0.4) is 0 Å². The van der Waals surface area contributed by atoms with Crippen LogP contribution in [-0.4, -0.2) is 45.3 Å². The molecule has 162 valence electrons. The number of nitrogens with one attached hydrogen (secondary N) is 1. The lowest BCUT2D eigenvalue weighted by atomic mass is 10.2. The summed E-state index contributed by atoms with van der Waals surface area (Å²) in [5.41, 5.74) is 0.337. The highest BCUT2D eigenvalue weighted by molar-refractivity contribution is 7.93. The Morgan fingerprint density at radius 2 is 1.70 bits per heavy atom. The fourth-order valence-corrected chi connectivity index (χ4v) is 6.36. The zero-order valence-electron chi connectivity index (χ0n) is 16.1. The van der Waals surface area contributed by atoms with Gasteiger partial charge in [-0.2, -0.15) is 4.31 Å². The molecule has 0 spiro atoms. The predicted octanol–water partition coefficient (Wildman–Crippen LogP) is 3.32. The molecule has 0 unspecified atom stereocenters. The minimum Gasteiger partial charge on any atom is -0.478 e. The molecule has 0 atom stereocenters. The third kappa shape index (κ3) is 4.61. The highest BCUT2D eigenvalue weighted by Crippen LogP contribution is 2.29. The van der Waals surface area contributed by atoms with Crippen molar-refractivity contribution in [3.8, 4) is 0 Å². The molecule has 1 saturated heterocycles. The van der Waals surface area contributed by atoms with Gasteiger partial charge in [0.15, 0.2) is 0 Å². The predicted molar refractivity (Wildman–Crippen MR) is 113 cm³/mol. The molecule has 1 fully saturated rings. The second kappa shape index (κ2) is 8.54. The number of piperidine rings is 1. The number of halogens is 1. The largest absolute Gasteiger partial charge is 0.478 e. The van der Waals surface area contributed by atoms with Crippen molar-refractivity contribution in [3.05, 3.63) is 52.5 Å². The van der Waals surface area contributed by atoms with Crippen LogP contribution in [-0.2, 0) is 20.0 Å². The second-order valence-electron chi connectivity index (χ2n) is 7.00. The number of hydrogen-bond acceptors (Lipinski definition) is 5. The topological polar surface area (TPSA) is 121 Å². The molecule has 2 aromatic rings. The van der Waals surface area contributed by atoms with Crippen LogP contribution in [0, 0.1) is 6.92 Å². The van der Waals surface area contributed by atoms with Crippen LogP contribution in [0.15, 0.2) is 46.2 Å². The van der Waals surface area contributed by atoms with E-state index >= 15 is 0 Å². The maximum atomic E-state index is 12.9. The maximum Gasteiger partial charge on any atom is 0.335 e. The smallest absolute Gasteiger partial charge is 0.335 e. The molecule has 1 aliphatic heterocycles. The summed E-state index contributed by atoms with van der Waals surface area (Å²) >= 11 is 5.98. The number of aromatic carboxylic acids is 1. The molecule has 0 amide bonds. The number of hydrogen-bond donors (Lipinski definition) is 2. The van der Waals surface area contributed by atoms with Crippen molar-refractivity contribution in [3.63, 3.8) is 0 Å². The van der Waals surface area contributed by atoms with Crippen molar-refractivity contribution >= 4 is 43.3 Å². The standard InChI is InChI=1S/C19H21ClN2O6S2/c1-13-5-7-15(30(27,28)22-9-3-2-4-10-22)12-17(13)21-29(25,26)18-11-14(19(23)24)6-8-16(18)20/h5-8,11-12,21H,2-4,9-10H2,1H3,(H,23,24). The van der Waals surface area contributed by atoms with Gasteiger partial charge in [0.2, 0.25) is 10.0 Å². The summed E-state index contributed by atoms with van der Waals surface area (Å²) < 4.78 is 55.3. The Balaban J connectivity index is 1.98. The summed E-state index contributed by atoms with van der Waals surface area (Å²) in [4.78, 5) is 10.8. The second-order valence-corrected chi connectivity index (χ2v) is 11.0. The first-order valence-electron chi connectivity index (χ1n) is 9.19. The van der Waals surface area contributed by atoms with Crippen molar-refractivity contribution in [2.24, 2.45) is 0 Å². The molecule has 3 rings (SSSR count). The molecule has 0 aromatic heterocycles. The molecule has 2 aromatic carbocycles. The van der Waals surface area contributed by atoms with Gasteiger partial charge in [0, 0.05) is 13.1 Å². The summed E-state index contributed by atoms with van der Waals surface area (Å²) in [5, 5.41) is 8.97. The molecule has 0 radical (unpaired) electrons. The third-order valence-electron chi connectivity index (χ3n) is 4.87. The summed E-state index contributed by atoms with van der Waals surface area (Å²) in [7, 11) is -8.02. The Morgan fingerprint density at radius 1 is 1.03 bits per heavy atom. The highest BCUT2D eigenvalue weighted by Gasteiger charge is 2.27. The van der Waals surface area contributed by atoms with E-state index < -0.39 is 30.9 Å². The lowest BCUT2D eigenvalue weighted by Gasteiger charge is -2.26. The zero-order valence-corrected chi connectivity index (χ0v) is 18.5. The summed E-state index contributed by atoms with van der Waals surface area (Å²) in [5.74, 6) is -1.30. The number of sulfonamides is 2. The SMILES string of the molecule is Cc1ccc(S(=O)(=O)N2CCCCC2)cc1NS(=O)(=O)c1cc(C(=O)O)ccc1Cl. The van der Waals surface area contributed by atoms with Gasteiger partial charge in [-0.05, 0) is 55.7 Å². The number of carboxylic acid groups (broad SMARTS) is 1. The van der Waals surface area contributed by atoms with Crippen molar-refractivity contribution in [1.82, 2.24) is 4.31 Å². The first kappa shape index (κ1) is 22.5. The molecule has 30 heavy (non-hydrogen) atoms. The van der Waals surface area contributed by atoms with Gasteiger partial charge in [0.25, 0.3) is 10.0 Å². The summed E-state index contributed by atoms with van der Waals surface area (Å²) in [6.45, 7) is 2.48. The van der Waals surface area contributed by atoms with Crippen molar-refractivity contribution in [2.45, 2.75) is 36.0 Å². The molecular weight excluding hydrogens is 452 g/mol. The molecule has 0 saturated carbocycles. The molecular formula is C19H21ClN2O6S2. The van der Waals surface area contributed by atoms with Crippen LogP contribution in [0.4, 0.5) is 5.69 Å². The average molecular weight is 473 g/mol. The highest BCUT2D eigenvalue weighted by atomic mass is 35.5. The van der Waals surface area contributed by atoms with E-state index in [1.165, 1.54) is 34.6 Å². The Hall–Kier alpha value is -2.14. The van der Waals surface area contributed by atoms with E-state index in [0.717, 1.165) is 25.3 Å². The fraction of sp³-hybridized carbons (Fsp3) is 0.316. The number of anilines is 1. The summed E-state index contributed by atoms with van der Waals surface area (Å²) in [6, 6.07) is 7.56. The van der Waals surface area contributed by atoms with Gasteiger partial charge < -0.3 is 5.11 Å². The monoisotopic (exact) mass is 472 g/mol. The van der Waals surface area contributed by atoms with Gasteiger partial charge in [0.1, 0.15) is 4.90 Å². The van der Waals surface area contributed by atoms with Crippen LogP contribution in [0.25, 0.3) is 0 Å². The Morgan fingerprint density at radius 3 is 2.33 bits per heavy atom. The number of aryl methyl sites for hydroxylation is 1. The minimum absolute atomic E-state index is 0.0157. The van der Waals surface area contributed by atoms with Gasteiger partial charge in [-0.1, -0.05) is 24.1 Å². The van der Waals surface area contributed by atoms with Crippen LogP contribution < -0.4 is 4.72 Å². The fourth-order valence-electron chi connectivity index (χ4n) is 3.17. The van der Waals surface area contributed by atoms with Gasteiger partial charge in [0.05, 0.1) is 21.2 Å². The number of benzene rings is 2. The van der Waals surface area contributed by atoms with Crippen molar-refractivity contribution in [1.29, 1.82) is 0 Å². The number of nitrogens with zero attached hydrogens (tertiary/aromatic N) is 1. The zero-order chi connectivity index (χ0) is 22.1. The lowest BCUT2D eigenvalue weighted by molar-refractivity contribution is 0.0696. The molecule has 0 bridgehead atoms. The number of rotatable bonds is 6. The Bertz CT molecular complexity index is 1190. The number of carboxylic acids is 1. The van der Waals surface area contributed by atoms with Gasteiger partial charge in [-0.15, -0.1) is 0 Å². The van der Waals surface area contributed by atoms with Crippen molar-refractivity contribution in [2.75, 3.05) is 17.8 Å². The van der Waals surface area contributed by atoms with E-state index in [4.69, 9.17) is 16.7 Å². The average Bonchev–Trinajstić information content (AvgIpc) is 2.70. The first-order valence-corrected chi connectivity index (χ1v) is 12.5. The molecule has 2 N–H and O–H groups in total. The molecule has 8 nitrogen and oxygen atoms in total. The van der Waals surface area contributed by atoms with E-state index in [-0.39, 0.29) is 21.2 Å². The Kier molecular flexibility index (Phi) is 6.42. The van der Waals surface area contributed by atoms with E-state index in [0.29, 0.717) is 18.7 Å². The molecule has 11 heteroatoms. The van der Waals surface area contributed by atoms with Crippen molar-refractivity contribution < 1.29 is 26.7 Å². The number of carbonyl (C=O) groups is 1. The molecule has 0 aliphatic carbocycles. The lowest BCUT2D eigenvalue weighted by Crippen LogP contribution is -2.35. The van der Waals surface area contributed by atoms with Gasteiger partial charge >= 0.3 is 5.97 Å². The minimum atomic E-state index is -4.26. The third-order valence-corrected chi connectivity index (χ3v) is 8.62. The quantitative estimate of drug-likeness (QED) is 0.665. The normalized spacial score (nSPS) is 15.7. The van der Waals surface area contributed by atoms with Crippen LogP contribution >= 0.6 is 11.6 Å². The van der Waals surface area contributed by atoms with E-state index in [9.17, 15) is 21.6 Å². The van der Waals surface area contributed by atoms with Crippen LogP contribution in [0.5, 0.6) is 0 Å². The molecule has 1 heterocycles. The summed E-state index contributed by atoms with van der Waals surface area (Å²) in [6.07, 6.45) is 2.53. The molecule has 1 aliphatic rings.